The quantitative estimate of drug-likeness (QED) is 0.319. The first-order valence-corrected chi connectivity index (χ1v) is 14.3. The fourth-order valence-corrected chi connectivity index (χ4v) is 6.35. The fourth-order valence-electron chi connectivity index (χ4n) is 4.85. The Balaban J connectivity index is 1.55. The van der Waals surface area contributed by atoms with Crippen molar-refractivity contribution >= 4 is 33.8 Å². The Labute approximate surface area is 223 Å². The normalized spacial score (nSPS) is 16.9. The van der Waals surface area contributed by atoms with Gasteiger partial charge in [0.2, 0.25) is 15.9 Å². The Morgan fingerprint density at radius 1 is 1.03 bits per heavy atom. The number of hydrogen-bond acceptors (Lipinski definition) is 7. The minimum Gasteiger partial charge on any atom is -0.402 e. The molecule has 3 aromatic rings. The highest BCUT2D eigenvalue weighted by Gasteiger charge is 2.29. The molecule has 2 aliphatic rings. The summed E-state index contributed by atoms with van der Waals surface area (Å²) in [4.78, 5) is 19.8. The molecular weight excluding hydrogens is 502 g/mol. The molecule has 3 heterocycles. The van der Waals surface area contributed by atoms with Gasteiger partial charge >= 0.3 is 5.97 Å². The number of benzene rings is 2. The molecule has 0 N–H and O–H groups in total. The highest BCUT2D eigenvalue weighted by molar-refractivity contribution is 7.89. The molecule has 1 fully saturated rings. The van der Waals surface area contributed by atoms with E-state index >= 15 is 0 Å². The minimum absolute atomic E-state index is 0.0775. The number of ether oxygens (including phenoxy) is 1. The number of anilines is 1. The number of carbonyl (C=O) groups excluding carboxylic acids is 1. The van der Waals surface area contributed by atoms with E-state index in [2.05, 4.69) is 9.89 Å². The third-order valence-electron chi connectivity index (χ3n) is 6.81. The predicted molar refractivity (Wildman–Crippen MR) is 147 cm³/mol. The molecule has 0 atom stereocenters. The number of para-hydroxylation sites is 1. The summed E-state index contributed by atoms with van der Waals surface area (Å²) in [6.07, 6.45) is 3.90. The first kappa shape index (κ1) is 25.9. The molecule has 0 spiro atoms. The lowest BCUT2D eigenvalue weighted by atomic mass is 10.2. The van der Waals surface area contributed by atoms with Crippen molar-refractivity contribution in [2.45, 2.75) is 38.5 Å². The molecule has 1 saturated heterocycles. The van der Waals surface area contributed by atoms with Gasteiger partial charge in [-0.15, -0.1) is 0 Å². The topological polar surface area (TPSA) is 97.1 Å². The van der Waals surface area contributed by atoms with Crippen LogP contribution < -0.4 is 4.90 Å². The van der Waals surface area contributed by atoms with E-state index < -0.39 is 16.0 Å². The van der Waals surface area contributed by atoms with Gasteiger partial charge in [0.15, 0.2) is 5.70 Å². The van der Waals surface area contributed by atoms with E-state index in [4.69, 9.17) is 9.84 Å². The molecule has 0 saturated carbocycles. The molecule has 1 aromatic heterocycles. The number of hydrogen-bond donors (Lipinski definition) is 0. The lowest BCUT2D eigenvalue weighted by Gasteiger charge is -2.20. The lowest BCUT2D eigenvalue weighted by Crippen LogP contribution is -2.30. The van der Waals surface area contributed by atoms with Crippen LogP contribution in [0.15, 0.2) is 70.2 Å². The molecule has 198 valence electrons. The van der Waals surface area contributed by atoms with Crippen molar-refractivity contribution in [3.05, 3.63) is 77.1 Å². The maximum atomic E-state index is 13.0. The van der Waals surface area contributed by atoms with Crippen molar-refractivity contribution in [1.29, 1.82) is 0 Å². The van der Waals surface area contributed by atoms with Crippen LogP contribution in [0.25, 0.3) is 11.8 Å². The zero-order chi connectivity index (χ0) is 26.9. The van der Waals surface area contributed by atoms with Crippen LogP contribution in [0.4, 0.5) is 5.82 Å². The molecule has 2 aromatic carbocycles. The predicted octanol–water partition coefficient (Wildman–Crippen LogP) is 4.16. The molecule has 2 aliphatic heterocycles. The van der Waals surface area contributed by atoms with Gasteiger partial charge in [-0.3, -0.25) is 0 Å². The third-order valence-corrected chi connectivity index (χ3v) is 8.86. The number of sulfonamides is 1. The maximum absolute atomic E-state index is 13.0. The van der Waals surface area contributed by atoms with Gasteiger partial charge in [0.1, 0.15) is 5.82 Å². The van der Waals surface area contributed by atoms with Crippen molar-refractivity contribution in [3.63, 3.8) is 0 Å². The van der Waals surface area contributed by atoms with Crippen molar-refractivity contribution < 1.29 is 17.9 Å². The fraction of sp³-hybridized carbons (Fsp3) is 0.321. The van der Waals surface area contributed by atoms with Crippen molar-refractivity contribution in [2.75, 3.05) is 31.1 Å². The second kappa shape index (κ2) is 10.5. The van der Waals surface area contributed by atoms with Crippen LogP contribution in [-0.4, -0.2) is 60.5 Å². The van der Waals surface area contributed by atoms with E-state index in [1.165, 1.54) is 16.4 Å². The molecule has 0 aliphatic carbocycles. The number of rotatable bonds is 8. The molecule has 10 heteroatoms. The standard InChI is InChI=1S/C28H31N5O4S/c1-4-32(5-2)38(35,36)23-15-11-12-21(18-23)26-29-25(28(34)37-26)19-24-20(3)30-33(22-13-7-6-8-14-22)27(24)31-16-9-10-17-31/h6-8,11-15,18-19H,4-5,9-10,16-17H2,1-3H3/b25-19+. The van der Waals surface area contributed by atoms with Gasteiger partial charge in [-0.2, -0.15) is 9.40 Å². The molecule has 0 bridgehead atoms. The van der Waals surface area contributed by atoms with E-state index in [0.717, 1.165) is 48.7 Å². The van der Waals surface area contributed by atoms with Crippen LogP contribution in [0.3, 0.4) is 0 Å². The highest BCUT2D eigenvalue weighted by Crippen LogP contribution is 2.33. The first-order valence-electron chi connectivity index (χ1n) is 12.9. The Hall–Kier alpha value is -3.76. The number of cyclic esters (lactones) is 1. The molecule has 0 amide bonds. The average Bonchev–Trinajstić information content (AvgIpc) is 3.65. The molecular formula is C28H31N5O4S. The number of esters is 1. The summed E-state index contributed by atoms with van der Waals surface area (Å²) >= 11 is 0. The largest absolute Gasteiger partial charge is 0.402 e. The molecule has 0 unspecified atom stereocenters. The number of carbonyl (C=O) groups is 1. The number of nitrogens with zero attached hydrogens (tertiary/aromatic N) is 5. The van der Waals surface area contributed by atoms with Crippen LogP contribution in [0.2, 0.25) is 0 Å². The minimum atomic E-state index is -3.67. The summed E-state index contributed by atoms with van der Waals surface area (Å²) in [5.74, 6) is 0.410. The maximum Gasteiger partial charge on any atom is 0.363 e. The zero-order valence-corrected chi connectivity index (χ0v) is 22.6. The molecule has 5 rings (SSSR count). The Morgan fingerprint density at radius 3 is 2.42 bits per heavy atom. The Kier molecular flexibility index (Phi) is 7.18. The van der Waals surface area contributed by atoms with Crippen molar-refractivity contribution in [3.8, 4) is 5.69 Å². The van der Waals surface area contributed by atoms with Crippen molar-refractivity contribution in [1.82, 2.24) is 14.1 Å². The third kappa shape index (κ3) is 4.77. The van der Waals surface area contributed by atoms with Gasteiger partial charge in [-0.25, -0.2) is 22.9 Å². The molecule has 0 radical (unpaired) electrons. The van der Waals surface area contributed by atoms with Gasteiger partial charge in [-0.05, 0) is 56.2 Å². The van der Waals surface area contributed by atoms with Gasteiger partial charge < -0.3 is 9.64 Å². The van der Waals surface area contributed by atoms with E-state index in [9.17, 15) is 13.2 Å². The van der Waals surface area contributed by atoms with E-state index in [0.29, 0.717) is 18.7 Å². The number of aromatic nitrogens is 2. The summed E-state index contributed by atoms with van der Waals surface area (Å²) in [7, 11) is -3.67. The number of aliphatic imine (C=N–C) groups is 1. The van der Waals surface area contributed by atoms with E-state index in [1.54, 1.807) is 32.1 Å². The number of aryl methyl sites for hydroxylation is 1. The first-order chi connectivity index (χ1) is 18.3. The van der Waals surface area contributed by atoms with Crippen LogP contribution >= 0.6 is 0 Å². The van der Waals surface area contributed by atoms with Crippen LogP contribution in [0.5, 0.6) is 0 Å². The SMILES string of the molecule is CCN(CC)S(=O)(=O)c1cccc(C2=N/C(=C/c3c(C)nn(-c4ccccc4)c3N3CCCC3)C(=O)O2)c1. The van der Waals surface area contributed by atoms with Gasteiger partial charge in [0.25, 0.3) is 0 Å². The van der Waals surface area contributed by atoms with E-state index in [1.807, 2.05) is 41.9 Å². The van der Waals surface area contributed by atoms with Gasteiger partial charge in [0, 0.05) is 37.3 Å². The van der Waals surface area contributed by atoms with Crippen LogP contribution in [0, 0.1) is 6.92 Å². The zero-order valence-electron chi connectivity index (χ0n) is 21.8. The Morgan fingerprint density at radius 2 is 1.74 bits per heavy atom. The Bertz CT molecular complexity index is 1520. The van der Waals surface area contributed by atoms with Crippen LogP contribution in [-0.2, 0) is 19.6 Å². The highest BCUT2D eigenvalue weighted by atomic mass is 32.2. The van der Waals surface area contributed by atoms with Crippen LogP contribution in [0.1, 0.15) is 43.5 Å². The second-order valence-corrected chi connectivity index (χ2v) is 11.2. The molecule has 38 heavy (non-hydrogen) atoms. The summed E-state index contributed by atoms with van der Waals surface area (Å²) in [5.41, 5.74) is 3.09. The second-order valence-electron chi connectivity index (χ2n) is 9.22. The average molecular weight is 534 g/mol. The van der Waals surface area contributed by atoms with Gasteiger partial charge in [0.05, 0.1) is 16.3 Å². The van der Waals surface area contributed by atoms with Crippen molar-refractivity contribution in [2.24, 2.45) is 4.99 Å². The monoisotopic (exact) mass is 533 g/mol. The van der Waals surface area contributed by atoms with Gasteiger partial charge in [-0.1, -0.05) is 38.1 Å². The summed E-state index contributed by atoms with van der Waals surface area (Å²) in [6, 6.07) is 16.3. The summed E-state index contributed by atoms with van der Waals surface area (Å²) in [5, 5.41) is 4.80. The summed E-state index contributed by atoms with van der Waals surface area (Å²) < 4.78 is 34.8. The van der Waals surface area contributed by atoms with E-state index in [-0.39, 0.29) is 16.5 Å². The molecule has 9 nitrogen and oxygen atoms in total. The smallest absolute Gasteiger partial charge is 0.363 e. The lowest BCUT2D eigenvalue weighted by molar-refractivity contribution is -0.129. The summed E-state index contributed by atoms with van der Waals surface area (Å²) in [6.45, 7) is 8.04.